The maximum absolute atomic E-state index is 13.1. The van der Waals surface area contributed by atoms with E-state index in [4.69, 9.17) is 17.0 Å². The van der Waals surface area contributed by atoms with Crippen LogP contribution in [0.1, 0.15) is 36.8 Å². The third-order valence-corrected chi connectivity index (χ3v) is 50.4. The summed E-state index contributed by atoms with van der Waals surface area (Å²) in [6, 6.07) is 14.8. The van der Waals surface area contributed by atoms with Crippen molar-refractivity contribution < 1.29 is 20.6 Å². The van der Waals surface area contributed by atoms with Crippen LogP contribution in [0.15, 0.2) is 42.5 Å². The second kappa shape index (κ2) is 7.13. The minimum absolute atomic E-state index is 0.0806. The Morgan fingerprint density at radius 2 is 1.70 bits per heavy atom. The fraction of sp³-hybridized carbons (Fsp3) is 0.381. The fourth-order valence-corrected chi connectivity index (χ4v) is 22.7. The molecule has 0 aliphatic heterocycles. The maximum atomic E-state index is 13.1. The van der Waals surface area contributed by atoms with E-state index in [-0.39, 0.29) is 11.8 Å². The first-order chi connectivity index (χ1) is 12.8. The Hall–Kier alpha value is -0.410. The first kappa shape index (κ1) is 19.9. The van der Waals surface area contributed by atoms with Crippen LogP contribution in [0, 0.1) is 5.92 Å². The zero-order valence-electron chi connectivity index (χ0n) is 15.9. The van der Waals surface area contributed by atoms with Gasteiger partial charge in [0.25, 0.3) is 0 Å². The quantitative estimate of drug-likeness (QED) is 0.499. The molecule has 6 heteroatoms. The summed E-state index contributed by atoms with van der Waals surface area (Å²) in [4.78, 5) is 13.1. The van der Waals surface area contributed by atoms with E-state index in [0.717, 1.165) is 35.4 Å². The average Bonchev–Trinajstić information content (AvgIpc) is 3.29. The molecule has 143 valence electrons. The third kappa shape index (κ3) is 3.31. The Morgan fingerprint density at radius 1 is 1.04 bits per heavy atom. The molecule has 0 aromatic heterocycles. The summed E-state index contributed by atoms with van der Waals surface area (Å²) in [5.74, 6) is -1.39. The van der Waals surface area contributed by atoms with Crippen molar-refractivity contribution in [2.75, 3.05) is 0 Å². The number of rotatable bonds is 4. The van der Waals surface area contributed by atoms with Gasteiger partial charge in [0, 0.05) is 0 Å². The fourth-order valence-electron chi connectivity index (χ4n) is 4.63. The van der Waals surface area contributed by atoms with Crippen LogP contribution in [0.3, 0.4) is 0 Å². The van der Waals surface area contributed by atoms with Crippen molar-refractivity contribution in [3.05, 3.63) is 53.6 Å². The van der Waals surface area contributed by atoms with Crippen LogP contribution in [-0.4, -0.2) is 11.8 Å². The summed E-state index contributed by atoms with van der Waals surface area (Å²) >= 11 is -4.64. The van der Waals surface area contributed by atoms with E-state index in [1.54, 1.807) is 0 Å². The molecule has 0 heterocycles. The van der Waals surface area contributed by atoms with Crippen LogP contribution in [-0.2, 0) is 27.1 Å². The Labute approximate surface area is 170 Å². The van der Waals surface area contributed by atoms with E-state index in [2.05, 4.69) is 58.8 Å². The molecule has 2 aromatic rings. The predicted octanol–water partition coefficient (Wildman–Crippen LogP) is 5.09. The Morgan fingerprint density at radius 3 is 2.41 bits per heavy atom. The first-order valence-electron chi connectivity index (χ1n) is 9.91. The molecule has 1 saturated carbocycles. The number of halogens is 2. The molecule has 2 aliphatic rings. The van der Waals surface area contributed by atoms with Gasteiger partial charge >= 0.3 is 172 Å². The van der Waals surface area contributed by atoms with Gasteiger partial charge in [-0.25, -0.2) is 0 Å². The molecule has 2 aromatic carbocycles. The summed E-state index contributed by atoms with van der Waals surface area (Å²) in [5, 5.41) is 0. The monoisotopic (exact) mass is 496 g/mol. The minimum atomic E-state index is -4.64. The van der Waals surface area contributed by atoms with Gasteiger partial charge in [-0.15, -0.1) is 0 Å². The van der Waals surface area contributed by atoms with Crippen LogP contribution in [0.2, 0.25) is 13.1 Å². The van der Waals surface area contributed by atoms with Gasteiger partial charge in [0.1, 0.15) is 0 Å². The van der Waals surface area contributed by atoms with Crippen LogP contribution in [0.25, 0.3) is 11.1 Å². The van der Waals surface area contributed by atoms with E-state index < -0.39 is 21.8 Å². The second-order valence-electron chi connectivity index (χ2n) is 8.37. The number of nitrogens with one attached hydrogen (secondary N) is 1. The Bertz CT molecular complexity index is 909. The molecule has 27 heavy (non-hydrogen) atoms. The van der Waals surface area contributed by atoms with Crippen LogP contribution in [0.5, 0.6) is 0 Å². The zero-order valence-corrected chi connectivity index (χ0v) is 21.0. The molecule has 1 N–H and O–H groups in total. The molecule has 0 atom stereocenters. The normalized spacial score (nSPS) is 18.0. The molecule has 0 radical (unpaired) electrons. The third-order valence-electron chi connectivity index (χ3n) is 6.44. The summed E-state index contributed by atoms with van der Waals surface area (Å²) in [5.41, 5.74) is 5.06. The van der Waals surface area contributed by atoms with Gasteiger partial charge in [-0.1, -0.05) is 0 Å². The van der Waals surface area contributed by atoms with Crippen LogP contribution >= 0.6 is 17.0 Å². The van der Waals surface area contributed by atoms with Crippen LogP contribution in [0.4, 0.5) is 0 Å². The van der Waals surface area contributed by atoms with Gasteiger partial charge in [0.2, 0.25) is 0 Å². The molecular weight excluding hydrogens is 472 g/mol. The van der Waals surface area contributed by atoms with Gasteiger partial charge in [-0.3, -0.25) is 0 Å². The van der Waals surface area contributed by atoms with E-state index in [1.165, 1.54) is 22.3 Å². The molecule has 0 bridgehead atoms. The molecular formula is C21H26Cl2NOSiZr. The van der Waals surface area contributed by atoms with Crippen molar-refractivity contribution in [1.82, 2.24) is 3.26 Å². The summed E-state index contributed by atoms with van der Waals surface area (Å²) in [7, 11) is 14.9. The predicted molar refractivity (Wildman–Crippen MR) is 115 cm³/mol. The average molecular weight is 499 g/mol. The van der Waals surface area contributed by atoms with Gasteiger partial charge in [-0.05, 0) is 0 Å². The number of hydrogen-bond acceptors (Lipinski definition) is 1. The summed E-state index contributed by atoms with van der Waals surface area (Å²) in [6.45, 7) is 4.39. The van der Waals surface area contributed by atoms with Crippen molar-refractivity contribution in [1.29, 1.82) is 0 Å². The van der Waals surface area contributed by atoms with Crippen molar-refractivity contribution in [3.8, 4) is 11.1 Å². The number of benzene rings is 2. The van der Waals surface area contributed by atoms with Gasteiger partial charge in [0.05, 0.1) is 0 Å². The SMILES string of the molecule is C[SiH](C)[Zr]([Cl])([Cl])([NH]C(=O)C1CCCC1)[c]1cccc2c1Cc1ccccc1-2. The van der Waals surface area contributed by atoms with E-state index in [9.17, 15) is 4.79 Å². The van der Waals surface area contributed by atoms with E-state index >= 15 is 0 Å². The molecule has 0 saturated heterocycles. The second-order valence-corrected chi connectivity index (χ2v) is 48.0. The van der Waals surface area contributed by atoms with Gasteiger partial charge in [-0.2, -0.15) is 0 Å². The first-order valence-corrected chi connectivity index (χ1v) is 25.8. The van der Waals surface area contributed by atoms with Crippen molar-refractivity contribution in [2.45, 2.75) is 45.2 Å². The van der Waals surface area contributed by atoms with E-state index in [1.807, 2.05) is 0 Å². The Balaban J connectivity index is 1.80. The Kier molecular flexibility index (Phi) is 5.25. The molecule has 2 nitrogen and oxygen atoms in total. The summed E-state index contributed by atoms with van der Waals surface area (Å²) < 4.78 is 4.42. The topological polar surface area (TPSA) is 29.1 Å². The zero-order chi connectivity index (χ0) is 19.3. The molecule has 0 unspecified atom stereocenters. The molecule has 4 rings (SSSR count). The van der Waals surface area contributed by atoms with Gasteiger partial charge in [0.15, 0.2) is 0 Å². The summed E-state index contributed by atoms with van der Waals surface area (Å²) in [6.07, 6.45) is 5.03. The molecule has 0 spiro atoms. The molecule has 1 fully saturated rings. The van der Waals surface area contributed by atoms with Crippen molar-refractivity contribution in [3.63, 3.8) is 0 Å². The number of fused-ring (bicyclic) bond motifs is 3. The number of amides is 1. The van der Waals surface area contributed by atoms with Gasteiger partial charge < -0.3 is 0 Å². The van der Waals surface area contributed by atoms with E-state index in [0.29, 0.717) is 0 Å². The molecule has 2 aliphatic carbocycles. The number of hydrogen-bond donors (Lipinski definition) is 1. The van der Waals surface area contributed by atoms with Crippen LogP contribution < -0.4 is 6.53 Å². The van der Waals surface area contributed by atoms with Crippen molar-refractivity contribution in [2.24, 2.45) is 5.92 Å². The number of carbonyl (C=O) groups is 1. The standard InChI is InChI=1S/C13H9.C6H11NO.C2H7Si.2ClH.Zr/c1-3-7-12-10(5-1)9-11-6-2-4-8-13(11)12;7-6(8)5-3-1-2-4-5;1-3-2;;;/h1-5,7-8H,9H2;5H,1-4H2,(H2,7,8);3H,1-2H3;2*1H;/q;;;;;+3/p-3. The number of carbonyl (C=O) groups excluding carboxylic acids is 1. The van der Waals surface area contributed by atoms with Crippen molar-refractivity contribution >= 4 is 32.1 Å². The molecule has 1 amide bonds.